The number of hydrogen-bond donors (Lipinski definition) is 4. The predicted octanol–water partition coefficient (Wildman–Crippen LogP) is 0.982. The van der Waals surface area contributed by atoms with E-state index in [1.165, 1.54) is 6.33 Å². The Morgan fingerprint density at radius 1 is 0.880 bits per heavy atom. The van der Waals surface area contributed by atoms with Crippen LogP contribution in [0, 0.1) is 0 Å². The van der Waals surface area contributed by atoms with Crippen LogP contribution in [0.25, 0.3) is 11.2 Å². The Morgan fingerprint density at radius 3 is 2.20 bits per heavy atom. The molecule has 2 rings (SSSR count). The lowest BCUT2D eigenvalue weighted by Gasteiger charge is -2.07. The van der Waals surface area contributed by atoms with Crippen molar-refractivity contribution in [3.05, 3.63) is 12.7 Å². The summed E-state index contributed by atoms with van der Waals surface area (Å²) in [5.74, 6) is 0.434. The minimum Gasteiger partial charge on any atom is -0.382 e. The smallest absolute Gasteiger partial charge is 0.165 e. The van der Waals surface area contributed by atoms with Gasteiger partial charge >= 0.3 is 0 Å². The van der Waals surface area contributed by atoms with Crippen LogP contribution in [-0.2, 0) is 6.54 Å². The van der Waals surface area contributed by atoms with Gasteiger partial charge in [0.15, 0.2) is 11.5 Å². The third kappa shape index (κ3) is 8.84. The molecule has 0 saturated carbocycles. The summed E-state index contributed by atoms with van der Waals surface area (Å²) in [6, 6.07) is 0. The number of nitrogens with two attached hydrogens (primary N) is 2. The molecule has 25 heavy (non-hydrogen) atoms. The van der Waals surface area contributed by atoms with Crippen LogP contribution in [-0.4, -0.2) is 52.2 Å². The van der Waals surface area contributed by atoms with Crippen molar-refractivity contribution < 1.29 is 0 Å². The number of imidazole rings is 1. The molecular formula is C14H29Cl3N8. The molecule has 8 nitrogen and oxygen atoms in total. The number of nitrogens with one attached hydrogen (secondary N) is 2. The summed E-state index contributed by atoms with van der Waals surface area (Å²) in [7, 11) is 0. The molecule has 2 heterocycles. The Kier molecular flexibility index (Phi) is 16.2. The van der Waals surface area contributed by atoms with E-state index in [0.29, 0.717) is 11.3 Å². The number of aromatic nitrogens is 4. The molecule has 11 heteroatoms. The van der Waals surface area contributed by atoms with E-state index in [2.05, 4.69) is 25.6 Å². The number of halogens is 3. The lowest BCUT2D eigenvalue weighted by atomic mass is 10.3. The van der Waals surface area contributed by atoms with Crippen LogP contribution >= 0.6 is 37.2 Å². The third-order valence-electron chi connectivity index (χ3n) is 3.45. The van der Waals surface area contributed by atoms with Gasteiger partial charge in [-0.3, -0.25) is 0 Å². The molecular weight excluding hydrogens is 387 g/mol. The van der Waals surface area contributed by atoms with Crippen molar-refractivity contribution in [2.45, 2.75) is 25.8 Å². The number of nitrogen functional groups attached to an aromatic ring is 1. The highest BCUT2D eigenvalue weighted by Crippen LogP contribution is 2.14. The number of hydrogen-bond acceptors (Lipinski definition) is 7. The number of anilines is 1. The van der Waals surface area contributed by atoms with Crippen LogP contribution in [0.15, 0.2) is 12.7 Å². The Labute approximate surface area is 167 Å². The highest BCUT2D eigenvalue weighted by atomic mass is 35.5. The van der Waals surface area contributed by atoms with Crippen LogP contribution in [0.3, 0.4) is 0 Å². The van der Waals surface area contributed by atoms with Crippen LogP contribution in [0.4, 0.5) is 5.82 Å². The summed E-state index contributed by atoms with van der Waals surface area (Å²) >= 11 is 0. The standard InChI is InChI=1S/C14H26N8.3ClH/c15-4-1-5-17-6-2-7-18-8-3-9-22-11-21-12-13(16)19-10-20-14(12)22;;;/h10-11,17-18H,1-9,15H2,(H2,16,19,20);3*1H. The molecule has 0 atom stereocenters. The topological polar surface area (TPSA) is 120 Å². The van der Waals surface area contributed by atoms with Gasteiger partial charge in [-0.1, -0.05) is 0 Å². The zero-order valence-electron chi connectivity index (χ0n) is 14.2. The zero-order chi connectivity index (χ0) is 15.6. The number of rotatable bonds is 11. The lowest BCUT2D eigenvalue weighted by molar-refractivity contribution is 0.555. The van der Waals surface area contributed by atoms with E-state index in [4.69, 9.17) is 11.5 Å². The molecule has 2 aromatic heterocycles. The zero-order valence-corrected chi connectivity index (χ0v) is 16.6. The van der Waals surface area contributed by atoms with E-state index in [-0.39, 0.29) is 37.2 Å². The molecule has 0 spiro atoms. The molecule has 0 aliphatic carbocycles. The van der Waals surface area contributed by atoms with Gasteiger partial charge in [0, 0.05) is 6.54 Å². The average molecular weight is 416 g/mol. The van der Waals surface area contributed by atoms with Gasteiger partial charge in [0.1, 0.15) is 11.8 Å². The van der Waals surface area contributed by atoms with Crippen molar-refractivity contribution in [2.75, 3.05) is 38.5 Å². The monoisotopic (exact) mass is 414 g/mol. The predicted molar refractivity (Wildman–Crippen MR) is 110 cm³/mol. The number of nitrogens with zero attached hydrogens (tertiary/aromatic N) is 4. The van der Waals surface area contributed by atoms with Crippen LogP contribution in [0.1, 0.15) is 19.3 Å². The van der Waals surface area contributed by atoms with E-state index >= 15 is 0 Å². The van der Waals surface area contributed by atoms with Crippen molar-refractivity contribution in [1.82, 2.24) is 30.2 Å². The van der Waals surface area contributed by atoms with E-state index in [0.717, 1.165) is 64.2 Å². The van der Waals surface area contributed by atoms with Crippen molar-refractivity contribution in [1.29, 1.82) is 0 Å². The molecule has 0 unspecified atom stereocenters. The molecule has 6 N–H and O–H groups in total. The second-order valence-corrected chi connectivity index (χ2v) is 5.22. The van der Waals surface area contributed by atoms with Gasteiger partial charge in [-0.15, -0.1) is 37.2 Å². The van der Waals surface area contributed by atoms with Gasteiger partial charge in [-0.05, 0) is 52.0 Å². The van der Waals surface area contributed by atoms with Gasteiger partial charge in [0.2, 0.25) is 0 Å². The maximum atomic E-state index is 5.77. The largest absolute Gasteiger partial charge is 0.382 e. The van der Waals surface area contributed by atoms with Crippen LogP contribution < -0.4 is 22.1 Å². The van der Waals surface area contributed by atoms with Crippen molar-refractivity contribution in [3.63, 3.8) is 0 Å². The first-order valence-electron chi connectivity index (χ1n) is 7.85. The first kappa shape index (κ1) is 26.3. The first-order chi connectivity index (χ1) is 10.8. The summed E-state index contributed by atoms with van der Waals surface area (Å²) < 4.78 is 2.02. The fourth-order valence-corrected chi connectivity index (χ4v) is 2.25. The third-order valence-corrected chi connectivity index (χ3v) is 3.45. The summed E-state index contributed by atoms with van der Waals surface area (Å²) in [6.45, 7) is 5.67. The molecule has 146 valence electrons. The quantitative estimate of drug-likeness (QED) is 0.404. The van der Waals surface area contributed by atoms with E-state index in [9.17, 15) is 0 Å². The summed E-state index contributed by atoms with van der Waals surface area (Å²) in [5.41, 5.74) is 12.7. The van der Waals surface area contributed by atoms with Gasteiger partial charge in [0.05, 0.1) is 6.33 Å². The molecule has 0 saturated heterocycles. The van der Waals surface area contributed by atoms with Gasteiger partial charge in [-0.2, -0.15) is 0 Å². The van der Waals surface area contributed by atoms with E-state index in [1.54, 1.807) is 6.33 Å². The number of aryl methyl sites for hydroxylation is 1. The van der Waals surface area contributed by atoms with Gasteiger partial charge in [-0.25, -0.2) is 15.0 Å². The first-order valence-corrected chi connectivity index (χ1v) is 7.85. The van der Waals surface area contributed by atoms with Crippen LogP contribution in [0.5, 0.6) is 0 Å². The summed E-state index contributed by atoms with van der Waals surface area (Å²) in [5, 5.41) is 6.81. The Morgan fingerprint density at radius 2 is 1.52 bits per heavy atom. The van der Waals surface area contributed by atoms with E-state index in [1.807, 2.05) is 4.57 Å². The second-order valence-electron chi connectivity index (χ2n) is 5.22. The minimum atomic E-state index is 0. The molecule has 0 aliphatic heterocycles. The van der Waals surface area contributed by atoms with Crippen molar-refractivity contribution in [3.8, 4) is 0 Å². The molecule has 0 amide bonds. The molecule has 0 aromatic carbocycles. The molecule has 0 aliphatic rings. The fraction of sp³-hybridized carbons (Fsp3) is 0.643. The Bertz CT molecular complexity index is 566. The maximum absolute atomic E-state index is 5.77. The second kappa shape index (κ2) is 15.4. The highest BCUT2D eigenvalue weighted by Gasteiger charge is 2.06. The number of fused-ring (bicyclic) bond motifs is 1. The molecule has 0 bridgehead atoms. The Hall–Kier alpha value is -0.900. The summed E-state index contributed by atoms with van der Waals surface area (Å²) in [4.78, 5) is 12.4. The summed E-state index contributed by atoms with van der Waals surface area (Å²) in [6.07, 6.45) is 6.45. The van der Waals surface area contributed by atoms with Crippen molar-refractivity contribution >= 4 is 54.2 Å². The molecule has 0 fully saturated rings. The van der Waals surface area contributed by atoms with Gasteiger partial charge in [0.25, 0.3) is 0 Å². The minimum absolute atomic E-state index is 0. The van der Waals surface area contributed by atoms with Gasteiger partial charge < -0.3 is 26.7 Å². The lowest BCUT2D eigenvalue weighted by Crippen LogP contribution is -2.24. The Balaban J connectivity index is 0. The fourth-order valence-electron chi connectivity index (χ4n) is 2.25. The normalized spacial score (nSPS) is 9.96. The average Bonchev–Trinajstić information content (AvgIpc) is 2.94. The van der Waals surface area contributed by atoms with E-state index < -0.39 is 0 Å². The SMILES string of the molecule is Cl.Cl.Cl.NCCCNCCCNCCCn1cnc2c(N)ncnc21. The van der Waals surface area contributed by atoms with Crippen molar-refractivity contribution in [2.24, 2.45) is 5.73 Å². The molecule has 2 aromatic rings. The molecule has 0 radical (unpaired) electrons. The highest BCUT2D eigenvalue weighted by molar-refractivity contribution is 5.86. The maximum Gasteiger partial charge on any atom is 0.165 e. The van der Waals surface area contributed by atoms with Crippen LogP contribution in [0.2, 0.25) is 0 Å².